The van der Waals surface area contributed by atoms with Crippen LogP contribution in [-0.2, 0) is 0 Å². The molecular weight excluding hydrogens is 333 g/mol. The SMILES string of the molecule is [B]C(=O)N1CCN(c2ccc(C(=O)Nc3ccc(O)cc3)c(O)c2)CC1. The second-order valence-corrected chi connectivity index (χ2v) is 6.01. The molecule has 0 unspecified atom stereocenters. The molecule has 26 heavy (non-hydrogen) atoms. The van der Waals surface area contributed by atoms with Crippen molar-refractivity contribution >= 4 is 30.9 Å². The van der Waals surface area contributed by atoms with E-state index in [4.69, 9.17) is 7.85 Å². The van der Waals surface area contributed by atoms with E-state index in [1.807, 2.05) is 4.90 Å². The van der Waals surface area contributed by atoms with Gasteiger partial charge in [-0.05, 0) is 36.4 Å². The molecule has 0 atom stereocenters. The number of amides is 2. The van der Waals surface area contributed by atoms with Crippen LogP contribution in [0.5, 0.6) is 11.5 Å². The van der Waals surface area contributed by atoms with Crippen molar-refractivity contribution in [1.82, 2.24) is 4.90 Å². The van der Waals surface area contributed by atoms with Gasteiger partial charge in [-0.1, -0.05) is 0 Å². The van der Waals surface area contributed by atoms with Crippen LogP contribution in [0.3, 0.4) is 0 Å². The summed E-state index contributed by atoms with van der Waals surface area (Å²) in [4.78, 5) is 27.1. The standard InChI is InChI=1S/C18H18BN3O4/c19-18(26)22-9-7-21(8-10-22)13-3-6-15(16(24)11-13)17(25)20-12-1-4-14(23)5-2-12/h1-6,11,23-24H,7-10H2,(H,20,25). The number of anilines is 2. The van der Waals surface area contributed by atoms with E-state index in [0.29, 0.717) is 31.9 Å². The fraction of sp³-hybridized carbons (Fsp3) is 0.222. The molecule has 2 aromatic carbocycles. The van der Waals surface area contributed by atoms with Crippen molar-refractivity contribution in [3.8, 4) is 11.5 Å². The lowest BCUT2D eigenvalue weighted by Crippen LogP contribution is -2.48. The molecular formula is C18H18BN3O4. The number of nitrogens with one attached hydrogen (secondary N) is 1. The summed E-state index contributed by atoms with van der Waals surface area (Å²) in [5.41, 5.74) is 1.43. The Labute approximate surface area is 152 Å². The first-order valence-corrected chi connectivity index (χ1v) is 8.17. The van der Waals surface area contributed by atoms with E-state index in [0.717, 1.165) is 5.69 Å². The van der Waals surface area contributed by atoms with Gasteiger partial charge in [0.25, 0.3) is 5.91 Å². The summed E-state index contributed by atoms with van der Waals surface area (Å²) < 4.78 is 0. The zero-order valence-corrected chi connectivity index (χ0v) is 14.1. The number of rotatable bonds is 3. The largest absolute Gasteiger partial charge is 0.508 e. The van der Waals surface area contributed by atoms with E-state index in [-0.39, 0.29) is 17.1 Å². The zero-order valence-electron chi connectivity index (χ0n) is 14.1. The van der Waals surface area contributed by atoms with Gasteiger partial charge in [0.2, 0.25) is 7.85 Å². The molecule has 0 spiro atoms. The van der Waals surface area contributed by atoms with Gasteiger partial charge in [0, 0.05) is 43.6 Å². The third-order valence-corrected chi connectivity index (χ3v) is 4.31. The number of hydrogen-bond acceptors (Lipinski definition) is 5. The van der Waals surface area contributed by atoms with E-state index >= 15 is 0 Å². The monoisotopic (exact) mass is 351 g/mol. The first kappa shape index (κ1) is 17.7. The smallest absolute Gasteiger partial charge is 0.259 e. The van der Waals surface area contributed by atoms with E-state index in [9.17, 15) is 19.8 Å². The van der Waals surface area contributed by atoms with Crippen LogP contribution in [0.4, 0.5) is 16.2 Å². The average molecular weight is 351 g/mol. The third-order valence-electron chi connectivity index (χ3n) is 4.31. The lowest BCUT2D eigenvalue weighted by molar-refractivity contribution is 0.102. The van der Waals surface area contributed by atoms with Crippen molar-refractivity contribution in [1.29, 1.82) is 0 Å². The molecule has 0 bridgehead atoms. The number of carbonyl (C=O) groups is 2. The van der Waals surface area contributed by atoms with Gasteiger partial charge in [-0.2, -0.15) is 0 Å². The Morgan fingerprint density at radius 2 is 1.62 bits per heavy atom. The topological polar surface area (TPSA) is 93.1 Å². The van der Waals surface area contributed by atoms with E-state index in [2.05, 4.69) is 5.32 Å². The summed E-state index contributed by atoms with van der Waals surface area (Å²) in [6.07, 6.45) is 0. The van der Waals surface area contributed by atoms with E-state index in [1.54, 1.807) is 29.2 Å². The Hall–Kier alpha value is -3.16. The van der Waals surface area contributed by atoms with Crippen LogP contribution >= 0.6 is 0 Å². The van der Waals surface area contributed by atoms with Crippen LogP contribution in [0.1, 0.15) is 10.4 Å². The van der Waals surface area contributed by atoms with Crippen LogP contribution in [0.15, 0.2) is 42.5 Å². The maximum Gasteiger partial charge on any atom is 0.259 e. The van der Waals surface area contributed by atoms with Crippen LogP contribution in [0.25, 0.3) is 0 Å². The highest BCUT2D eigenvalue weighted by Crippen LogP contribution is 2.26. The Morgan fingerprint density at radius 3 is 2.19 bits per heavy atom. The van der Waals surface area contributed by atoms with Gasteiger partial charge < -0.3 is 25.3 Å². The van der Waals surface area contributed by atoms with Gasteiger partial charge in [0.1, 0.15) is 11.5 Å². The van der Waals surface area contributed by atoms with Gasteiger partial charge in [-0.25, -0.2) is 0 Å². The fourth-order valence-corrected chi connectivity index (χ4v) is 2.84. The van der Waals surface area contributed by atoms with Crippen molar-refractivity contribution in [2.75, 3.05) is 36.4 Å². The van der Waals surface area contributed by atoms with Gasteiger partial charge in [-0.3, -0.25) is 9.59 Å². The minimum atomic E-state index is -0.446. The maximum atomic E-state index is 12.3. The van der Waals surface area contributed by atoms with Crippen LogP contribution in [0.2, 0.25) is 0 Å². The molecule has 3 N–H and O–H groups in total. The summed E-state index contributed by atoms with van der Waals surface area (Å²) in [6, 6.07) is 10.9. The lowest BCUT2D eigenvalue weighted by Gasteiger charge is -2.36. The molecule has 8 heteroatoms. The first-order valence-electron chi connectivity index (χ1n) is 8.17. The summed E-state index contributed by atoms with van der Waals surface area (Å²) in [5.74, 6) is -0.908. The van der Waals surface area contributed by atoms with Gasteiger partial charge >= 0.3 is 0 Å². The zero-order chi connectivity index (χ0) is 18.7. The van der Waals surface area contributed by atoms with Crippen molar-refractivity contribution in [3.05, 3.63) is 48.0 Å². The van der Waals surface area contributed by atoms with Crippen molar-refractivity contribution in [3.63, 3.8) is 0 Å². The molecule has 1 aliphatic heterocycles. The molecule has 0 saturated carbocycles. The lowest BCUT2D eigenvalue weighted by atomic mass is 10.1. The second kappa shape index (κ2) is 7.39. The summed E-state index contributed by atoms with van der Waals surface area (Å²) >= 11 is 0. The molecule has 132 valence electrons. The Morgan fingerprint density at radius 1 is 0.962 bits per heavy atom. The number of phenols is 2. The number of carbonyl (C=O) groups excluding carboxylic acids is 2. The first-order chi connectivity index (χ1) is 12.4. The Kier molecular flexibility index (Phi) is 5.02. The molecule has 1 aliphatic rings. The van der Waals surface area contributed by atoms with Crippen molar-refractivity contribution in [2.24, 2.45) is 0 Å². The molecule has 0 aromatic heterocycles. The number of aromatic hydroxyl groups is 2. The molecule has 7 nitrogen and oxygen atoms in total. The van der Waals surface area contributed by atoms with Crippen LogP contribution in [-0.4, -0.2) is 60.9 Å². The summed E-state index contributed by atoms with van der Waals surface area (Å²) in [5, 5.41) is 22.2. The number of phenolic OH excluding ortho intramolecular Hbond substituents is 2. The second-order valence-electron chi connectivity index (χ2n) is 6.01. The van der Waals surface area contributed by atoms with Gasteiger partial charge in [-0.15, -0.1) is 0 Å². The predicted molar refractivity (Wildman–Crippen MR) is 99.1 cm³/mol. The highest BCUT2D eigenvalue weighted by Gasteiger charge is 2.20. The molecule has 1 saturated heterocycles. The quantitative estimate of drug-likeness (QED) is 0.579. The molecule has 1 heterocycles. The Bertz CT molecular complexity index is 818. The minimum absolute atomic E-state index is 0.103. The molecule has 2 radical (unpaired) electrons. The molecule has 3 rings (SSSR count). The molecule has 2 aromatic rings. The minimum Gasteiger partial charge on any atom is -0.508 e. The average Bonchev–Trinajstić information content (AvgIpc) is 2.63. The maximum absolute atomic E-state index is 12.3. The number of benzene rings is 2. The Balaban J connectivity index is 1.68. The van der Waals surface area contributed by atoms with Crippen molar-refractivity contribution in [2.45, 2.75) is 0 Å². The highest BCUT2D eigenvalue weighted by molar-refractivity contribution is 6.56. The fourth-order valence-electron chi connectivity index (χ4n) is 2.84. The third kappa shape index (κ3) is 3.91. The van der Waals surface area contributed by atoms with Crippen molar-refractivity contribution < 1.29 is 19.8 Å². The van der Waals surface area contributed by atoms with E-state index in [1.165, 1.54) is 18.2 Å². The molecule has 2 amide bonds. The molecule has 0 aliphatic carbocycles. The molecule has 1 fully saturated rings. The van der Waals surface area contributed by atoms with Gasteiger partial charge in [0.15, 0.2) is 5.81 Å². The van der Waals surface area contributed by atoms with E-state index < -0.39 is 11.7 Å². The highest BCUT2D eigenvalue weighted by atomic mass is 16.3. The van der Waals surface area contributed by atoms with Crippen LogP contribution < -0.4 is 10.2 Å². The number of hydrogen-bond donors (Lipinski definition) is 3. The number of piperazine rings is 1. The predicted octanol–water partition coefficient (Wildman–Crippen LogP) is 1.76. The van der Waals surface area contributed by atoms with Crippen LogP contribution in [0, 0.1) is 0 Å². The normalized spacial score (nSPS) is 14.2. The summed E-state index contributed by atoms with van der Waals surface area (Å²) in [7, 11) is 5.27. The van der Waals surface area contributed by atoms with Gasteiger partial charge in [0.05, 0.1) is 5.56 Å². The summed E-state index contributed by atoms with van der Waals surface area (Å²) in [6.45, 7) is 2.22. The number of nitrogens with zero attached hydrogens (tertiary/aromatic N) is 2.